The van der Waals surface area contributed by atoms with Gasteiger partial charge in [0.05, 0.1) is 6.54 Å². The number of nitrogens with one attached hydrogen (secondary N) is 1. The van der Waals surface area contributed by atoms with Crippen molar-refractivity contribution in [2.45, 2.75) is 50.6 Å². The first-order chi connectivity index (χ1) is 9.27. The molecule has 1 saturated carbocycles. The SMILES string of the molecule is CCC1C(=O)NC(C2CC2)C(=O)N1CC(F)(F)C(F)F. The number of alkyl halides is 4. The number of hydrogen-bond donors (Lipinski definition) is 1. The largest absolute Gasteiger partial charge is 0.342 e. The zero-order valence-corrected chi connectivity index (χ0v) is 10.9. The number of halogens is 4. The van der Waals surface area contributed by atoms with Crippen molar-refractivity contribution in [1.82, 2.24) is 10.2 Å². The van der Waals surface area contributed by atoms with Crippen molar-refractivity contribution >= 4 is 11.8 Å². The lowest BCUT2D eigenvalue weighted by molar-refractivity contribution is -0.170. The molecule has 2 fully saturated rings. The Morgan fingerprint density at radius 3 is 2.40 bits per heavy atom. The molecule has 1 N–H and O–H groups in total. The van der Waals surface area contributed by atoms with E-state index in [2.05, 4.69) is 5.32 Å². The van der Waals surface area contributed by atoms with Crippen LogP contribution in [-0.4, -0.2) is 47.7 Å². The predicted molar refractivity (Wildman–Crippen MR) is 61.4 cm³/mol. The number of hydrogen-bond acceptors (Lipinski definition) is 2. The minimum atomic E-state index is -4.31. The molecule has 4 nitrogen and oxygen atoms in total. The van der Waals surface area contributed by atoms with Crippen LogP contribution in [0.25, 0.3) is 0 Å². The summed E-state index contributed by atoms with van der Waals surface area (Å²) in [5, 5.41) is 2.51. The zero-order valence-electron chi connectivity index (χ0n) is 10.9. The minimum absolute atomic E-state index is 0.0630. The Labute approximate surface area is 113 Å². The summed E-state index contributed by atoms with van der Waals surface area (Å²) < 4.78 is 51.0. The zero-order chi connectivity index (χ0) is 15.1. The van der Waals surface area contributed by atoms with Crippen LogP contribution in [-0.2, 0) is 9.59 Å². The van der Waals surface area contributed by atoms with Crippen molar-refractivity contribution in [3.05, 3.63) is 0 Å². The quantitative estimate of drug-likeness (QED) is 0.780. The Balaban J connectivity index is 2.20. The van der Waals surface area contributed by atoms with Crippen molar-refractivity contribution in [3.8, 4) is 0 Å². The lowest BCUT2D eigenvalue weighted by Crippen LogP contribution is -2.65. The van der Waals surface area contributed by atoms with Gasteiger partial charge in [0.2, 0.25) is 11.8 Å². The molecule has 1 aliphatic heterocycles. The van der Waals surface area contributed by atoms with E-state index >= 15 is 0 Å². The van der Waals surface area contributed by atoms with Crippen LogP contribution in [0.2, 0.25) is 0 Å². The molecule has 0 bridgehead atoms. The summed E-state index contributed by atoms with van der Waals surface area (Å²) in [6.07, 6.45) is -2.30. The van der Waals surface area contributed by atoms with E-state index in [4.69, 9.17) is 0 Å². The highest BCUT2D eigenvalue weighted by Crippen LogP contribution is 2.36. The molecule has 0 radical (unpaired) electrons. The maximum Gasteiger partial charge on any atom is 0.324 e. The van der Waals surface area contributed by atoms with Gasteiger partial charge >= 0.3 is 12.3 Å². The first-order valence-corrected chi connectivity index (χ1v) is 6.54. The smallest absolute Gasteiger partial charge is 0.324 e. The number of nitrogens with zero attached hydrogens (tertiary/aromatic N) is 1. The second-order valence-electron chi connectivity index (χ2n) is 5.28. The number of amides is 2. The van der Waals surface area contributed by atoms with E-state index in [0.717, 1.165) is 12.8 Å². The third-order valence-electron chi connectivity index (χ3n) is 3.71. The van der Waals surface area contributed by atoms with Gasteiger partial charge in [0.1, 0.15) is 12.1 Å². The van der Waals surface area contributed by atoms with Crippen molar-refractivity contribution in [1.29, 1.82) is 0 Å². The molecule has 2 unspecified atom stereocenters. The van der Waals surface area contributed by atoms with Gasteiger partial charge in [-0.3, -0.25) is 9.59 Å². The number of rotatable bonds is 5. The summed E-state index contributed by atoms with van der Waals surface area (Å²) in [6.45, 7) is 0.126. The number of piperazine rings is 1. The molecule has 1 heterocycles. The monoisotopic (exact) mass is 296 g/mol. The average Bonchev–Trinajstić information content (AvgIpc) is 3.17. The first kappa shape index (κ1) is 15.1. The van der Waals surface area contributed by atoms with E-state index < -0.39 is 42.8 Å². The molecule has 0 spiro atoms. The Hall–Kier alpha value is -1.34. The molecule has 2 aliphatic rings. The van der Waals surface area contributed by atoms with Crippen LogP contribution in [0.3, 0.4) is 0 Å². The van der Waals surface area contributed by atoms with E-state index in [1.165, 1.54) is 0 Å². The Bertz CT molecular complexity index is 412. The summed E-state index contributed by atoms with van der Waals surface area (Å²) in [4.78, 5) is 24.6. The van der Waals surface area contributed by atoms with Crippen molar-refractivity contribution in [2.24, 2.45) is 5.92 Å². The molecule has 0 aromatic carbocycles. The van der Waals surface area contributed by atoms with Crippen LogP contribution >= 0.6 is 0 Å². The fraction of sp³-hybridized carbons (Fsp3) is 0.833. The van der Waals surface area contributed by atoms with Gasteiger partial charge < -0.3 is 10.2 Å². The van der Waals surface area contributed by atoms with Gasteiger partial charge in [-0.1, -0.05) is 6.92 Å². The van der Waals surface area contributed by atoms with Crippen LogP contribution < -0.4 is 5.32 Å². The van der Waals surface area contributed by atoms with Gasteiger partial charge in [0, 0.05) is 0 Å². The van der Waals surface area contributed by atoms with Crippen LogP contribution in [0.1, 0.15) is 26.2 Å². The van der Waals surface area contributed by atoms with Crippen LogP contribution in [0, 0.1) is 5.92 Å². The van der Waals surface area contributed by atoms with Crippen molar-refractivity contribution in [3.63, 3.8) is 0 Å². The van der Waals surface area contributed by atoms with Gasteiger partial charge in [0.25, 0.3) is 0 Å². The van der Waals surface area contributed by atoms with Crippen LogP contribution in [0.4, 0.5) is 17.6 Å². The minimum Gasteiger partial charge on any atom is -0.342 e. The molecule has 2 rings (SSSR count). The molecule has 1 aliphatic carbocycles. The third-order valence-corrected chi connectivity index (χ3v) is 3.71. The first-order valence-electron chi connectivity index (χ1n) is 6.54. The van der Waals surface area contributed by atoms with Gasteiger partial charge in [-0.05, 0) is 25.2 Å². The standard InChI is InChI=1S/C12H16F4N2O2/c1-2-7-9(19)17-8(6-3-4-6)10(20)18(7)5-12(15,16)11(13)14/h6-8,11H,2-5H2,1H3,(H,17,19). The van der Waals surface area contributed by atoms with E-state index in [9.17, 15) is 27.2 Å². The average molecular weight is 296 g/mol. The molecule has 0 aromatic heterocycles. The predicted octanol–water partition coefficient (Wildman–Crippen LogP) is 1.40. The fourth-order valence-corrected chi connectivity index (χ4v) is 2.42. The highest BCUT2D eigenvalue weighted by molar-refractivity contribution is 5.97. The highest BCUT2D eigenvalue weighted by atomic mass is 19.3. The fourth-order valence-electron chi connectivity index (χ4n) is 2.42. The van der Waals surface area contributed by atoms with E-state index in [1.807, 2.05) is 0 Å². The number of carbonyl (C=O) groups excluding carboxylic acids is 2. The summed E-state index contributed by atoms with van der Waals surface area (Å²) in [6, 6.07) is -1.96. The maximum absolute atomic E-state index is 13.2. The van der Waals surface area contributed by atoms with E-state index in [1.54, 1.807) is 6.92 Å². The molecule has 2 amide bonds. The summed E-state index contributed by atoms with van der Waals surface area (Å²) in [5.74, 6) is -5.60. The van der Waals surface area contributed by atoms with Gasteiger partial charge in [-0.25, -0.2) is 8.78 Å². The molecular weight excluding hydrogens is 280 g/mol. The molecule has 0 aromatic rings. The van der Waals surface area contributed by atoms with Crippen molar-refractivity contribution < 1.29 is 27.2 Å². The summed E-state index contributed by atoms with van der Waals surface area (Å²) >= 11 is 0. The normalized spacial score (nSPS) is 28.0. The topological polar surface area (TPSA) is 49.4 Å². The van der Waals surface area contributed by atoms with Crippen molar-refractivity contribution in [2.75, 3.05) is 6.54 Å². The summed E-state index contributed by atoms with van der Waals surface area (Å²) in [7, 11) is 0. The third kappa shape index (κ3) is 2.73. The maximum atomic E-state index is 13.2. The Kier molecular flexibility index (Phi) is 3.93. The molecule has 8 heteroatoms. The highest BCUT2D eigenvalue weighted by Gasteiger charge is 2.51. The van der Waals surface area contributed by atoms with E-state index in [-0.39, 0.29) is 12.3 Å². The molecule has 1 saturated heterocycles. The van der Waals surface area contributed by atoms with Crippen LogP contribution in [0.15, 0.2) is 0 Å². The van der Waals surface area contributed by atoms with Gasteiger partial charge in [-0.15, -0.1) is 0 Å². The summed E-state index contributed by atoms with van der Waals surface area (Å²) in [5.41, 5.74) is 0. The molecule has 20 heavy (non-hydrogen) atoms. The molecular formula is C12H16F4N2O2. The number of carbonyl (C=O) groups is 2. The lowest BCUT2D eigenvalue weighted by Gasteiger charge is -2.40. The van der Waals surface area contributed by atoms with Crippen LogP contribution in [0.5, 0.6) is 0 Å². The Morgan fingerprint density at radius 2 is 1.95 bits per heavy atom. The van der Waals surface area contributed by atoms with E-state index in [0.29, 0.717) is 4.90 Å². The molecule has 2 atom stereocenters. The second-order valence-corrected chi connectivity index (χ2v) is 5.28. The Morgan fingerprint density at radius 1 is 1.35 bits per heavy atom. The lowest BCUT2D eigenvalue weighted by atomic mass is 10.0. The second kappa shape index (κ2) is 5.21. The van der Waals surface area contributed by atoms with Gasteiger partial charge in [-0.2, -0.15) is 8.78 Å². The van der Waals surface area contributed by atoms with Gasteiger partial charge in [0.15, 0.2) is 0 Å². The molecule has 114 valence electrons.